The Morgan fingerprint density at radius 2 is 2.20 bits per heavy atom. The van der Waals surface area contributed by atoms with Gasteiger partial charge in [0, 0.05) is 12.6 Å². The Hall–Kier alpha value is -1.16. The molecule has 2 atom stereocenters. The number of anilines is 1. The van der Waals surface area contributed by atoms with E-state index in [-0.39, 0.29) is 17.5 Å². The molecule has 1 aliphatic heterocycles. The minimum atomic E-state index is -0.405. The van der Waals surface area contributed by atoms with Crippen LogP contribution in [0.4, 0.5) is 14.5 Å². The van der Waals surface area contributed by atoms with Crippen molar-refractivity contribution < 1.29 is 8.78 Å². The van der Waals surface area contributed by atoms with Crippen LogP contribution in [0.5, 0.6) is 0 Å². The topological polar surface area (TPSA) is 15.3 Å². The van der Waals surface area contributed by atoms with E-state index in [1.807, 2.05) is 0 Å². The zero-order valence-electron chi connectivity index (χ0n) is 12.3. The van der Waals surface area contributed by atoms with Crippen LogP contribution in [-0.2, 0) is 0 Å². The molecule has 20 heavy (non-hydrogen) atoms. The molecule has 112 valence electrons. The molecule has 0 amide bonds. The molecular weight excluding hydrogens is 258 g/mol. The molecular formula is C16H24F2N2. The number of likely N-dealkylation sites (tertiary alicyclic amines) is 1. The van der Waals surface area contributed by atoms with Gasteiger partial charge in [0.25, 0.3) is 0 Å². The highest BCUT2D eigenvalue weighted by atomic mass is 19.1. The highest BCUT2D eigenvalue weighted by molar-refractivity contribution is 5.45. The Labute approximate surface area is 120 Å². The molecule has 0 aliphatic carbocycles. The van der Waals surface area contributed by atoms with Crippen LogP contribution >= 0.6 is 0 Å². The Kier molecular flexibility index (Phi) is 5.35. The fraction of sp³-hybridized carbons (Fsp3) is 0.625. The van der Waals surface area contributed by atoms with E-state index in [1.165, 1.54) is 18.6 Å². The summed E-state index contributed by atoms with van der Waals surface area (Å²) in [7, 11) is 0. The van der Waals surface area contributed by atoms with Crippen LogP contribution in [0, 0.1) is 17.6 Å². The lowest BCUT2D eigenvalue weighted by Gasteiger charge is -2.36. The lowest BCUT2D eigenvalue weighted by molar-refractivity contribution is 0.165. The van der Waals surface area contributed by atoms with Gasteiger partial charge in [-0.3, -0.25) is 0 Å². The molecule has 0 spiro atoms. The Bertz CT molecular complexity index is 434. The molecule has 1 saturated heterocycles. The number of nitrogens with zero attached hydrogens (tertiary/aromatic N) is 1. The molecule has 0 bridgehead atoms. The minimum Gasteiger partial charge on any atom is -0.380 e. The second-order valence-corrected chi connectivity index (χ2v) is 5.76. The maximum absolute atomic E-state index is 13.7. The van der Waals surface area contributed by atoms with E-state index >= 15 is 0 Å². The first-order chi connectivity index (χ1) is 9.60. The van der Waals surface area contributed by atoms with E-state index in [1.54, 1.807) is 0 Å². The number of piperidine rings is 1. The van der Waals surface area contributed by atoms with Crippen LogP contribution in [0.15, 0.2) is 18.2 Å². The summed E-state index contributed by atoms with van der Waals surface area (Å²) < 4.78 is 26.8. The largest absolute Gasteiger partial charge is 0.380 e. The molecule has 4 heteroatoms. The predicted molar refractivity (Wildman–Crippen MR) is 78.9 cm³/mol. The highest BCUT2D eigenvalue weighted by Crippen LogP contribution is 2.24. The van der Waals surface area contributed by atoms with Gasteiger partial charge in [-0.1, -0.05) is 6.92 Å². The molecule has 2 rings (SSSR count). The van der Waals surface area contributed by atoms with Crippen molar-refractivity contribution in [1.29, 1.82) is 0 Å². The summed E-state index contributed by atoms with van der Waals surface area (Å²) in [5, 5.41) is 3.14. The monoisotopic (exact) mass is 282 g/mol. The highest BCUT2D eigenvalue weighted by Gasteiger charge is 2.24. The van der Waals surface area contributed by atoms with Gasteiger partial charge < -0.3 is 10.2 Å². The van der Waals surface area contributed by atoms with Gasteiger partial charge in [0.1, 0.15) is 11.6 Å². The molecule has 1 fully saturated rings. The standard InChI is InChI=1S/C16H24F2N2/c1-3-8-20-9-4-5-13(11-20)12(2)19-16-10-14(17)6-7-15(16)18/h6-7,10,12-13,19H,3-5,8-9,11H2,1-2H3. The average molecular weight is 282 g/mol. The second kappa shape index (κ2) is 7.02. The van der Waals surface area contributed by atoms with Crippen LogP contribution in [0.2, 0.25) is 0 Å². The Balaban J connectivity index is 1.96. The van der Waals surface area contributed by atoms with Gasteiger partial charge in [0.15, 0.2) is 0 Å². The zero-order valence-corrected chi connectivity index (χ0v) is 12.3. The maximum atomic E-state index is 13.7. The summed E-state index contributed by atoms with van der Waals surface area (Å²) in [5.74, 6) is -0.310. The van der Waals surface area contributed by atoms with Crippen molar-refractivity contribution in [3.8, 4) is 0 Å². The van der Waals surface area contributed by atoms with Gasteiger partial charge in [0.05, 0.1) is 5.69 Å². The van der Waals surface area contributed by atoms with E-state index in [0.29, 0.717) is 5.92 Å². The van der Waals surface area contributed by atoms with E-state index < -0.39 is 5.82 Å². The summed E-state index contributed by atoms with van der Waals surface area (Å²) in [6, 6.07) is 3.70. The molecule has 0 radical (unpaired) electrons. The quantitative estimate of drug-likeness (QED) is 0.881. The summed E-state index contributed by atoms with van der Waals surface area (Å²) in [6.07, 6.45) is 3.49. The predicted octanol–water partition coefficient (Wildman–Crippen LogP) is 3.89. The summed E-state index contributed by atoms with van der Waals surface area (Å²) >= 11 is 0. The molecule has 1 aromatic carbocycles. The van der Waals surface area contributed by atoms with Crippen LogP contribution in [0.25, 0.3) is 0 Å². The number of nitrogens with one attached hydrogen (secondary N) is 1. The summed E-state index contributed by atoms with van der Waals surface area (Å²) in [6.45, 7) is 7.57. The normalized spacial score (nSPS) is 21.7. The average Bonchev–Trinajstić information content (AvgIpc) is 2.43. The molecule has 0 aromatic heterocycles. The molecule has 2 nitrogen and oxygen atoms in total. The first kappa shape index (κ1) is 15.2. The van der Waals surface area contributed by atoms with Crippen molar-refractivity contribution in [2.75, 3.05) is 25.0 Å². The number of rotatable bonds is 5. The van der Waals surface area contributed by atoms with Gasteiger partial charge in [-0.2, -0.15) is 0 Å². The second-order valence-electron chi connectivity index (χ2n) is 5.76. The van der Waals surface area contributed by atoms with E-state index in [2.05, 4.69) is 24.1 Å². The molecule has 2 unspecified atom stereocenters. The van der Waals surface area contributed by atoms with Crippen molar-refractivity contribution in [3.63, 3.8) is 0 Å². The fourth-order valence-electron chi connectivity index (χ4n) is 2.99. The molecule has 1 aliphatic rings. The first-order valence-electron chi connectivity index (χ1n) is 7.54. The smallest absolute Gasteiger partial charge is 0.146 e. The third-order valence-electron chi connectivity index (χ3n) is 4.10. The van der Waals surface area contributed by atoms with Crippen molar-refractivity contribution in [2.45, 2.75) is 39.2 Å². The van der Waals surface area contributed by atoms with Crippen LogP contribution in [0.1, 0.15) is 33.1 Å². The van der Waals surface area contributed by atoms with E-state index in [9.17, 15) is 8.78 Å². The number of hydrogen-bond donors (Lipinski definition) is 1. The fourth-order valence-corrected chi connectivity index (χ4v) is 2.99. The van der Waals surface area contributed by atoms with Gasteiger partial charge >= 0.3 is 0 Å². The van der Waals surface area contributed by atoms with Crippen LogP contribution < -0.4 is 5.32 Å². The minimum absolute atomic E-state index is 0.144. The molecule has 1 heterocycles. The molecule has 0 saturated carbocycles. The lowest BCUT2D eigenvalue weighted by atomic mass is 9.91. The van der Waals surface area contributed by atoms with Gasteiger partial charge in [-0.05, 0) is 63.4 Å². The van der Waals surface area contributed by atoms with Crippen molar-refractivity contribution in [2.24, 2.45) is 5.92 Å². The van der Waals surface area contributed by atoms with E-state index in [0.717, 1.165) is 38.5 Å². The van der Waals surface area contributed by atoms with Crippen LogP contribution in [-0.4, -0.2) is 30.6 Å². The number of benzene rings is 1. The molecule has 1 aromatic rings. The Morgan fingerprint density at radius 1 is 1.40 bits per heavy atom. The van der Waals surface area contributed by atoms with Crippen molar-refractivity contribution in [3.05, 3.63) is 29.8 Å². The number of hydrogen-bond acceptors (Lipinski definition) is 2. The lowest BCUT2D eigenvalue weighted by Crippen LogP contribution is -2.42. The van der Waals surface area contributed by atoms with Crippen molar-refractivity contribution in [1.82, 2.24) is 4.90 Å². The SMILES string of the molecule is CCCN1CCCC(C(C)Nc2cc(F)ccc2F)C1. The zero-order chi connectivity index (χ0) is 14.5. The summed E-state index contributed by atoms with van der Waals surface area (Å²) in [5.41, 5.74) is 0.269. The first-order valence-corrected chi connectivity index (χ1v) is 7.54. The molecule has 1 N–H and O–H groups in total. The Morgan fingerprint density at radius 3 is 2.95 bits per heavy atom. The third-order valence-corrected chi connectivity index (χ3v) is 4.10. The number of halogens is 2. The summed E-state index contributed by atoms with van der Waals surface area (Å²) in [4.78, 5) is 2.47. The van der Waals surface area contributed by atoms with Crippen LogP contribution in [0.3, 0.4) is 0 Å². The third kappa shape index (κ3) is 3.92. The van der Waals surface area contributed by atoms with Gasteiger partial charge in [0.2, 0.25) is 0 Å². The maximum Gasteiger partial charge on any atom is 0.146 e. The van der Waals surface area contributed by atoms with Gasteiger partial charge in [-0.25, -0.2) is 8.78 Å². The van der Waals surface area contributed by atoms with Gasteiger partial charge in [-0.15, -0.1) is 0 Å². The van der Waals surface area contributed by atoms with Crippen molar-refractivity contribution >= 4 is 5.69 Å². The van der Waals surface area contributed by atoms with E-state index in [4.69, 9.17) is 0 Å².